The van der Waals surface area contributed by atoms with Gasteiger partial charge in [-0.25, -0.2) is 0 Å². The van der Waals surface area contributed by atoms with Gasteiger partial charge in [0.05, 0.1) is 17.7 Å². The van der Waals surface area contributed by atoms with Crippen LogP contribution in [-0.2, 0) is 0 Å². The highest BCUT2D eigenvalue weighted by atomic mass is 16.3. The molecule has 6 nitrogen and oxygen atoms in total. The number of quaternary nitrogens is 1. The van der Waals surface area contributed by atoms with Gasteiger partial charge in [-0.1, -0.05) is 30.3 Å². The van der Waals surface area contributed by atoms with E-state index >= 15 is 0 Å². The quantitative estimate of drug-likeness (QED) is 0.711. The van der Waals surface area contributed by atoms with Crippen LogP contribution in [0.3, 0.4) is 0 Å². The molecule has 124 valence electrons. The maximum atomic E-state index is 10.6. The number of aliphatic hydroxyl groups excluding tert-OH is 3. The number of hydrogen-bond acceptors (Lipinski definition) is 5. The maximum absolute atomic E-state index is 10.6. The van der Waals surface area contributed by atoms with Gasteiger partial charge < -0.3 is 15.3 Å². The van der Waals surface area contributed by atoms with Crippen LogP contribution in [0.15, 0.2) is 64.5 Å². The molecule has 0 saturated carbocycles. The summed E-state index contributed by atoms with van der Waals surface area (Å²) in [6.45, 7) is 1.71. The van der Waals surface area contributed by atoms with Crippen LogP contribution in [-0.4, -0.2) is 50.3 Å². The molecule has 3 N–H and O–H groups in total. The van der Waals surface area contributed by atoms with Crippen molar-refractivity contribution < 1.29 is 19.8 Å². The van der Waals surface area contributed by atoms with Crippen LogP contribution >= 0.6 is 0 Å². The maximum Gasteiger partial charge on any atom is 0.261 e. The first kappa shape index (κ1) is 15.4. The molecular formula is C18H20N3O3+. The van der Waals surface area contributed by atoms with Crippen molar-refractivity contribution in [1.29, 1.82) is 0 Å². The summed E-state index contributed by atoms with van der Waals surface area (Å²) < 4.78 is 0.0888. The van der Waals surface area contributed by atoms with Gasteiger partial charge in [0.25, 0.3) is 5.84 Å². The molecule has 0 fully saturated rings. The molecule has 0 radical (unpaired) electrons. The Labute approximate surface area is 140 Å². The molecule has 0 spiro atoms. The average Bonchev–Trinajstić information content (AvgIpc) is 2.95. The summed E-state index contributed by atoms with van der Waals surface area (Å²) in [6, 6.07) is 8.89. The number of fused-ring (bicyclic) bond motifs is 3. The number of benzene rings is 1. The molecule has 0 amide bonds. The molecule has 3 aliphatic heterocycles. The fourth-order valence-corrected chi connectivity index (χ4v) is 3.68. The zero-order valence-corrected chi connectivity index (χ0v) is 13.3. The highest BCUT2D eigenvalue weighted by Crippen LogP contribution is 2.38. The van der Waals surface area contributed by atoms with E-state index in [9.17, 15) is 15.3 Å². The number of hydrogen-bond donors (Lipinski definition) is 3. The highest BCUT2D eigenvalue weighted by Gasteiger charge is 2.50. The predicted molar refractivity (Wildman–Crippen MR) is 89.8 cm³/mol. The Morgan fingerprint density at radius 1 is 1.12 bits per heavy atom. The Morgan fingerprint density at radius 2 is 1.88 bits per heavy atom. The Balaban J connectivity index is 1.85. The molecular weight excluding hydrogens is 306 g/mol. The van der Waals surface area contributed by atoms with Crippen LogP contribution in [0.5, 0.6) is 0 Å². The van der Waals surface area contributed by atoms with E-state index in [1.807, 2.05) is 43.5 Å². The van der Waals surface area contributed by atoms with Crippen molar-refractivity contribution >= 4 is 11.5 Å². The summed E-state index contributed by atoms with van der Waals surface area (Å²) in [5.74, 6) is 0.199. The van der Waals surface area contributed by atoms with E-state index in [1.165, 1.54) is 0 Å². The van der Waals surface area contributed by atoms with Gasteiger partial charge in [0.15, 0.2) is 6.73 Å². The van der Waals surface area contributed by atoms with E-state index in [4.69, 9.17) is 4.99 Å². The molecule has 5 atom stereocenters. The molecule has 6 heteroatoms. The summed E-state index contributed by atoms with van der Waals surface area (Å²) in [5.41, 5.74) is 2.27. The summed E-state index contributed by atoms with van der Waals surface area (Å²) >= 11 is 0. The first-order valence-corrected chi connectivity index (χ1v) is 8.01. The van der Waals surface area contributed by atoms with Crippen LogP contribution < -0.4 is 0 Å². The Hall–Kier alpha value is -2.12. The SMILES string of the molecule is CC1=C[N+]2(CO)C=CC3C(=NC(c4ccccc4)C(O)C3O)C2=N1. The second-order valence-electron chi connectivity index (χ2n) is 6.50. The average molecular weight is 326 g/mol. The summed E-state index contributed by atoms with van der Waals surface area (Å²) in [6.07, 6.45) is 3.51. The lowest BCUT2D eigenvalue weighted by atomic mass is 9.81. The lowest BCUT2D eigenvalue weighted by Crippen LogP contribution is -2.56. The summed E-state index contributed by atoms with van der Waals surface area (Å²) in [7, 11) is 0. The molecule has 5 unspecified atom stereocenters. The Kier molecular flexibility index (Phi) is 3.51. The van der Waals surface area contributed by atoms with E-state index in [0.29, 0.717) is 11.5 Å². The molecule has 1 aromatic rings. The minimum Gasteiger partial charge on any atom is -0.389 e. The second-order valence-corrected chi connectivity index (χ2v) is 6.50. The van der Waals surface area contributed by atoms with Gasteiger partial charge in [-0.15, -0.1) is 0 Å². The molecule has 0 bridgehead atoms. The van der Waals surface area contributed by atoms with E-state index in [1.54, 1.807) is 12.3 Å². The van der Waals surface area contributed by atoms with Crippen molar-refractivity contribution in [2.24, 2.45) is 15.9 Å². The van der Waals surface area contributed by atoms with Gasteiger partial charge in [0, 0.05) is 0 Å². The van der Waals surface area contributed by atoms with Gasteiger partial charge in [-0.05, 0) is 18.6 Å². The molecule has 24 heavy (non-hydrogen) atoms. The first-order valence-electron chi connectivity index (χ1n) is 8.01. The Morgan fingerprint density at radius 3 is 2.58 bits per heavy atom. The van der Waals surface area contributed by atoms with Crippen molar-refractivity contribution in [3.63, 3.8) is 0 Å². The number of rotatable bonds is 2. The van der Waals surface area contributed by atoms with Gasteiger partial charge in [0.1, 0.15) is 30.3 Å². The van der Waals surface area contributed by atoms with E-state index < -0.39 is 24.2 Å². The zero-order valence-electron chi connectivity index (χ0n) is 13.3. The third kappa shape index (κ3) is 2.12. The van der Waals surface area contributed by atoms with Crippen LogP contribution in [0.25, 0.3) is 0 Å². The lowest BCUT2D eigenvalue weighted by molar-refractivity contribution is -0.753. The summed E-state index contributed by atoms with van der Waals surface area (Å²) in [5, 5.41) is 31.1. The van der Waals surface area contributed by atoms with Gasteiger partial charge in [-0.2, -0.15) is 9.48 Å². The van der Waals surface area contributed by atoms with Crippen molar-refractivity contribution in [3.05, 3.63) is 60.1 Å². The second kappa shape index (κ2) is 5.46. The fourth-order valence-electron chi connectivity index (χ4n) is 3.68. The minimum absolute atomic E-state index is 0.0888. The zero-order chi connectivity index (χ0) is 16.9. The van der Waals surface area contributed by atoms with Crippen molar-refractivity contribution in [2.75, 3.05) is 6.73 Å². The first-order chi connectivity index (χ1) is 11.6. The molecule has 0 aliphatic carbocycles. The molecule has 4 rings (SSSR count). The molecule has 0 saturated heterocycles. The third-order valence-corrected chi connectivity index (χ3v) is 4.89. The lowest BCUT2D eigenvalue weighted by Gasteiger charge is -2.39. The molecule has 1 aromatic carbocycles. The number of allylic oxidation sites excluding steroid dienone is 1. The van der Waals surface area contributed by atoms with E-state index in [-0.39, 0.29) is 11.2 Å². The highest BCUT2D eigenvalue weighted by molar-refractivity contribution is 6.41. The topological polar surface area (TPSA) is 85.4 Å². The van der Waals surface area contributed by atoms with Gasteiger partial charge in [-0.3, -0.25) is 4.99 Å². The number of aliphatic imine (C=N–C) groups is 2. The molecule has 0 aromatic heterocycles. The van der Waals surface area contributed by atoms with Crippen LogP contribution in [0.2, 0.25) is 0 Å². The van der Waals surface area contributed by atoms with Crippen LogP contribution in [0.1, 0.15) is 18.5 Å². The predicted octanol–water partition coefficient (Wildman–Crippen LogP) is 1.09. The number of nitrogens with zero attached hydrogens (tertiary/aromatic N) is 3. The standard InChI is InChI=1S/C18H20N3O3/c1-11-9-21(10-22)8-7-13-15(18(21)19-11)20-14(17(24)16(13)23)12-5-3-2-4-6-12/h2-9,13-14,16-17,22-24H,10H2,1H3/q+1. The normalized spacial score (nSPS) is 37.2. The smallest absolute Gasteiger partial charge is 0.261 e. The monoisotopic (exact) mass is 326 g/mol. The molecule has 3 aliphatic rings. The van der Waals surface area contributed by atoms with Crippen LogP contribution in [0.4, 0.5) is 0 Å². The van der Waals surface area contributed by atoms with Gasteiger partial charge in [0.2, 0.25) is 0 Å². The van der Waals surface area contributed by atoms with E-state index in [0.717, 1.165) is 11.3 Å². The molecule has 3 heterocycles. The largest absolute Gasteiger partial charge is 0.389 e. The van der Waals surface area contributed by atoms with E-state index in [2.05, 4.69) is 4.99 Å². The van der Waals surface area contributed by atoms with Crippen LogP contribution in [0, 0.1) is 5.92 Å². The summed E-state index contributed by atoms with van der Waals surface area (Å²) in [4.78, 5) is 9.28. The van der Waals surface area contributed by atoms with Crippen molar-refractivity contribution in [2.45, 2.75) is 25.2 Å². The van der Waals surface area contributed by atoms with Gasteiger partial charge >= 0.3 is 0 Å². The minimum atomic E-state index is -0.990. The number of aliphatic hydroxyl groups is 3. The fraction of sp³-hybridized carbons (Fsp3) is 0.333. The Bertz CT molecular complexity index is 784. The van der Waals surface area contributed by atoms with Crippen molar-refractivity contribution in [1.82, 2.24) is 0 Å². The third-order valence-electron chi connectivity index (χ3n) is 4.89. The number of amidine groups is 1. The van der Waals surface area contributed by atoms with Crippen molar-refractivity contribution in [3.8, 4) is 0 Å².